The van der Waals surface area contributed by atoms with Crippen LogP contribution in [0, 0.1) is 0 Å². The summed E-state index contributed by atoms with van der Waals surface area (Å²) >= 11 is 2.97. The highest BCUT2D eigenvalue weighted by Crippen LogP contribution is 2.32. The van der Waals surface area contributed by atoms with Crippen LogP contribution in [0.5, 0.6) is 0 Å². The van der Waals surface area contributed by atoms with Crippen LogP contribution in [0.4, 0.5) is 0 Å². The normalized spacial score (nSPS) is 11.1. The minimum atomic E-state index is -0.295. The third-order valence-electron chi connectivity index (χ3n) is 4.01. The van der Waals surface area contributed by atoms with Crippen LogP contribution < -0.4 is 0 Å². The predicted octanol–water partition coefficient (Wildman–Crippen LogP) is 4.93. The van der Waals surface area contributed by atoms with Gasteiger partial charge in [0.2, 0.25) is 0 Å². The molecule has 0 radical (unpaired) electrons. The topological polar surface area (TPSA) is 65.2 Å². The van der Waals surface area contributed by atoms with Gasteiger partial charge >= 0.3 is 5.97 Å². The second-order valence-electron chi connectivity index (χ2n) is 5.75. The number of rotatable bonds is 6. The number of nitrogens with zero attached hydrogens (tertiary/aromatic N) is 2. The zero-order valence-electron chi connectivity index (χ0n) is 14.5. The summed E-state index contributed by atoms with van der Waals surface area (Å²) in [4.78, 5) is 21.9. The van der Waals surface area contributed by atoms with Gasteiger partial charge in [-0.15, -0.1) is 11.8 Å². The molecule has 7 heteroatoms. The Morgan fingerprint density at radius 3 is 2.74 bits per heavy atom. The van der Waals surface area contributed by atoms with Gasteiger partial charge in [0.05, 0.1) is 5.75 Å². The van der Waals surface area contributed by atoms with Crippen LogP contribution in [0.2, 0.25) is 0 Å². The summed E-state index contributed by atoms with van der Waals surface area (Å²) in [5.41, 5.74) is 3.08. The first-order valence-electron chi connectivity index (χ1n) is 8.28. The van der Waals surface area contributed by atoms with Gasteiger partial charge in [0, 0.05) is 10.3 Å². The predicted molar refractivity (Wildman–Crippen MR) is 108 cm³/mol. The Kier molecular flexibility index (Phi) is 5.31. The highest BCUT2D eigenvalue weighted by Gasteiger charge is 2.15. The summed E-state index contributed by atoms with van der Waals surface area (Å²) in [6, 6.07) is 15.7. The lowest BCUT2D eigenvalue weighted by Gasteiger charge is -2.05. The first-order valence-corrected chi connectivity index (χ1v) is 10.5. The van der Waals surface area contributed by atoms with Crippen LogP contribution in [0.3, 0.4) is 0 Å². The van der Waals surface area contributed by atoms with Gasteiger partial charge in [0.1, 0.15) is 29.1 Å². The molecule has 0 fully saturated rings. The van der Waals surface area contributed by atoms with E-state index in [4.69, 9.17) is 9.15 Å². The molecule has 0 atom stereocenters. The van der Waals surface area contributed by atoms with E-state index in [2.05, 4.69) is 9.97 Å². The number of fused-ring (bicyclic) bond motifs is 3. The van der Waals surface area contributed by atoms with E-state index in [-0.39, 0.29) is 18.3 Å². The van der Waals surface area contributed by atoms with Gasteiger partial charge < -0.3 is 9.15 Å². The monoisotopic (exact) mass is 396 g/mol. The summed E-state index contributed by atoms with van der Waals surface area (Å²) in [6.45, 7) is 0.262. The smallest absolute Gasteiger partial charge is 0.316 e. The Morgan fingerprint density at radius 1 is 1.11 bits per heavy atom. The van der Waals surface area contributed by atoms with E-state index in [0.29, 0.717) is 10.6 Å². The van der Waals surface area contributed by atoms with Crippen LogP contribution in [0.25, 0.3) is 22.1 Å². The average molecular weight is 396 g/mol. The van der Waals surface area contributed by atoms with Crippen molar-refractivity contribution in [2.24, 2.45) is 0 Å². The second-order valence-corrected chi connectivity index (χ2v) is 7.60. The second kappa shape index (κ2) is 8.02. The van der Waals surface area contributed by atoms with Crippen molar-refractivity contribution in [2.45, 2.75) is 16.5 Å². The van der Waals surface area contributed by atoms with Crippen LogP contribution in [0.15, 0.2) is 69.2 Å². The van der Waals surface area contributed by atoms with E-state index in [1.165, 1.54) is 23.0 Å². The van der Waals surface area contributed by atoms with Gasteiger partial charge in [0.15, 0.2) is 5.58 Å². The van der Waals surface area contributed by atoms with E-state index in [1.807, 2.05) is 54.8 Å². The summed E-state index contributed by atoms with van der Waals surface area (Å²) in [5, 5.41) is 1.57. The van der Waals surface area contributed by atoms with Crippen LogP contribution in [-0.4, -0.2) is 27.9 Å². The summed E-state index contributed by atoms with van der Waals surface area (Å²) in [6.07, 6.45) is 3.52. The molecule has 27 heavy (non-hydrogen) atoms. The first kappa shape index (κ1) is 17.9. The number of ether oxygens (including phenoxy) is 1. The van der Waals surface area contributed by atoms with Gasteiger partial charge in [-0.2, -0.15) is 0 Å². The first-order chi connectivity index (χ1) is 13.2. The van der Waals surface area contributed by atoms with Crippen molar-refractivity contribution in [1.29, 1.82) is 0 Å². The van der Waals surface area contributed by atoms with Crippen LogP contribution in [-0.2, 0) is 16.1 Å². The van der Waals surface area contributed by atoms with Crippen molar-refractivity contribution >= 4 is 51.6 Å². The van der Waals surface area contributed by atoms with Gasteiger partial charge in [-0.05, 0) is 36.1 Å². The molecule has 2 aromatic heterocycles. The number of esters is 1. The maximum atomic E-state index is 12.1. The fourth-order valence-corrected chi connectivity index (χ4v) is 3.80. The SMILES string of the molecule is CSc1ccc(COC(=O)CSc2ncnc3c2oc2ccccc23)cc1. The number of carbonyl (C=O) groups excluding carboxylic acids is 1. The Hall–Kier alpha value is -2.51. The van der Waals surface area contributed by atoms with Gasteiger partial charge in [-0.3, -0.25) is 4.79 Å². The molecule has 2 heterocycles. The molecular weight excluding hydrogens is 380 g/mol. The van der Waals surface area contributed by atoms with Crippen LogP contribution in [0.1, 0.15) is 5.56 Å². The van der Waals surface area contributed by atoms with Crippen molar-refractivity contribution < 1.29 is 13.9 Å². The van der Waals surface area contributed by atoms with Crippen molar-refractivity contribution in [1.82, 2.24) is 9.97 Å². The standard InChI is InChI=1S/C20H16N2O3S2/c1-26-14-8-6-13(7-9-14)10-24-17(23)11-27-20-19-18(21-12-22-20)15-4-2-3-5-16(15)25-19/h2-9,12H,10-11H2,1H3. The lowest BCUT2D eigenvalue weighted by Crippen LogP contribution is -2.07. The molecule has 4 rings (SSSR count). The molecular formula is C20H16N2O3S2. The maximum Gasteiger partial charge on any atom is 0.316 e. The lowest BCUT2D eigenvalue weighted by atomic mass is 10.2. The molecule has 4 aromatic rings. The number of aromatic nitrogens is 2. The zero-order chi connectivity index (χ0) is 18.6. The number of hydrogen-bond acceptors (Lipinski definition) is 7. The molecule has 0 N–H and O–H groups in total. The third kappa shape index (κ3) is 3.94. The zero-order valence-corrected chi connectivity index (χ0v) is 16.2. The highest BCUT2D eigenvalue weighted by molar-refractivity contribution is 8.00. The maximum absolute atomic E-state index is 12.1. The molecule has 0 saturated carbocycles. The van der Waals surface area contributed by atoms with Gasteiger partial charge in [-0.25, -0.2) is 9.97 Å². The summed E-state index contributed by atoms with van der Waals surface area (Å²) in [7, 11) is 0. The van der Waals surface area contributed by atoms with Crippen molar-refractivity contribution in [3.63, 3.8) is 0 Å². The Labute approximate surface area is 164 Å². The Bertz CT molecular complexity index is 1090. The molecule has 0 bridgehead atoms. The lowest BCUT2D eigenvalue weighted by molar-refractivity contribution is -0.141. The number of thioether (sulfide) groups is 2. The van der Waals surface area contributed by atoms with Gasteiger partial charge in [-0.1, -0.05) is 36.0 Å². The molecule has 0 aliphatic carbocycles. The van der Waals surface area contributed by atoms with Crippen molar-refractivity contribution in [2.75, 3.05) is 12.0 Å². The molecule has 0 aliphatic heterocycles. The fraction of sp³-hybridized carbons (Fsp3) is 0.150. The van der Waals surface area contributed by atoms with Crippen molar-refractivity contribution in [3.05, 3.63) is 60.4 Å². The third-order valence-corrected chi connectivity index (χ3v) is 5.70. The molecule has 136 valence electrons. The molecule has 0 aliphatic rings. The van der Waals surface area contributed by atoms with Gasteiger partial charge in [0.25, 0.3) is 0 Å². The van der Waals surface area contributed by atoms with E-state index in [9.17, 15) is 4.79 Å². The molecule has 2 aromatic carbocycles. The van der Waals surface area contributed by atoms with Crippen LogP contribution >= 0.6 is 23.5 Å². The summed E-state index contributed by atoms with van der Waals surface area (Å²) < 4.78 is 11.2. The van der Waals surface area contributed by atoms with Crippen molar-refractivity contribution in [3.8, 4) is 0 Å². The number of para-hydroxylation sites is 1. The molecule has 0 amide bonds. The van der Waals surface area contributed by atoms with E-state index in [0.717, 1.165) is 22.0 Å². The summed E-state index contributed by atoms with van der Waals surface area (Å²) in [5.74, 6) is -0.136. The molecule has 0 spiro atoms. The molecule has 0 unspecified atom stereocenters. The number of furan rings is 1. The fourth-order valence-electron chi connectivity index (χ4n) is 2.66. The molecule has 5 nitrogen and oxygen atoms in total. The number of hydrogen-bond donors (Lipinski definition) is 0. The van der Waals surface area contributed by atoms with E-state index in [1.54, 1.807) is 11.8 Å². The van der Waals surface area contributed by atoms with E-state index >= 15 is 0 Å². The van der Waals surface area contributed by atoms with E-state index < -0.39 is 0 Å². The number of carbonyl (C=O) groups is 1. The average Bonchev–Trinajstić information content (AvgIpc) is 3.10. The minimum Gasteiger partial charge on any atom is -0.460 e. The minimum absolute atomic E-state index is 0.159. The quantitative estimate of drug-likeness (QED) is 0.260. The highest BCUT2D eigenvalue weighted by atomic mass is 32.2. The molecule has 0 saturated heterocycles. The Balaban J connectivity index is 1.41. The largest absolute Gasteiger partial charge is 0.460 e. The Morgan fingerprint density at radius 2 is 1.93 bits per heavy atom. The number of benzene rings is 2.